The number of rotatable bonds is 14. The van der Waals surface area contributed by atoms with Crippen LogP contribution in [0.4, 0.5) is 13.2 Å². The number of benzene rings is 1. The second-order valence-corrected chi connectivity index (χ2v) is 21.9. The molecule has 3 fully saturated rings. The highest BCUT2D eigenvalue weighted by Crippen LogP contribution is 2.60. The third kappa shape index (κ3) is 8.73. The van der Waals surface area contributed by atoms with Gasteiger partial charge in [-0.3, -0.25) is 14.3 Å². The third-order valence-corrected chi connectivity index (χ3v) is 18.1. The minimum atomic E-state index is -4.85. The van der Waals surface area contributed by atoms with E-state index in [1.165, 1.54) is 12.8 Å². The Morgan fingerprint density at radius 3 is 2.02 bits per heavy atom. The molecular weight excluding hydrogens is 730 g/mol. The minimum Gasteiger partial charge on any atom is -0.466 e. The molecule has 0 radical (unpaired) electrons. The zero-order valence-electron chi connectivity index (χ0n) is 31.6. The summed E-state index contributed by atoms with van der Waals surface area (Å²) in [5, 5.41) is 5.05. The summed E-state index contributed by atoms with van der Waals surface area (Å²) in [6.45, 7) is 12.5. The van der Waals surface area contributed by atoms with Crippen molar-refractivity contribution in [1.29, 1.82) is 0 Å². The lowest BCUT2D eigenvalue weighted by Crippen LogP contribution is -2.46. The molecule has 1 spiro atoms. The van der Waals surface area contributed by atoms with Gasteiger partial charge in [0.05, 0.1) is 42.5 Å². The molecule has 2 aromatic rings. The van der Waals surface area contributed by atoms with E-state index in [0.717, 1.165) is 54.7 Å². The number of alkyl halides is 3. The van der Waals surface area contributed by atoms with Crippen molar-refractivity contribution in [2.75, 3.05) is 19.7 Å². The number of carbonyl (C=O) groups excluding carboxylic acids is 2. The Morgan fingerprint density at radius 1 is 0.962 bits per heavy atom. The van der Waals surface area contributed by atoms with E-state index < -0.39 is 49.2 Å². The number of nitrogens with zero attached hydrogens (tertiary/aromatic N) is 3. The Hall–Kier alpha value is -2.08. The van der Waals surface area contributed by atoms with E-state index in [0.29, 0.717) is 46.7 Å². The first-order valence-electron chi connectivity index (χ1n) is 19.2. The molecule has 0 bridgehead atoms. The lowest BCUT2D eigenvalue weighted by Gasteiger charge is -2.43. The minimum absolute atomic E-state index is 0.00156. The van der Waals surface area contributed by atoms with Gasteiger partial charge in [0.25, 0.3) is 5.91 Å². The van der Waals surface area contributed by atoms with Crippen molar-refractivity contribution in [3.63, 3.8) is 0 Å². The molecule has 3 aliphatic rings. The van der Waals surface area contributed by atoms with Crippen molar-refractivity contribution in [2.24, 2.45) is 16.2 Å². The number of hydrogen-bond acceptors (Lipinski definition) is 5. The smallest absolute Gasteiger partial charge is 0.433 e. The Labute approximate surface area is 318 Å². The van der Waals surface area contributed by atoms with Crippen molar-refractivity contribution in [3.8, 4) is 0 Å². The fourth-order valence-corrected chi connectivity index (χ4v) is 12.1. The van der Waals surface area contributed by atoms with Crippen LogP contribution in [0.5, 0.6) is 0 Å². The van der Waals surface area contributed by atoms with Crippen molar-refractivity contribution in [2.45, 2.75) is 142 Å². The van der Waals surface area contributed by atoms with E-state index in [-0.39, 0.29) is 31.1 Å². The molecule has 290 valence electrons. The van der Waals surface area contributed by atoms with Crippen LogP contribution in [-0.4, -0.2) is 54.6 Å². The van der Waals surface area contributed by atoms with E-state index in [1.54, 1.807) is 36.9 Å². The molecule has 0 aliphatic heterocycles. The molecule has 1 atom stereocenters. The first-order chi connectivity index (χ1) is 24.5. The van der Waals surface area contributed by atoms with Gasteiger partial charge in [-0.15, -0.1) is 0 Å². The van der Waals surface area contributed by atoms with E-state index in [1.807, 2.05) is 0 Å². The molecule has 7 nitrogen and oxygen atoms in total. The summed E-state index contributed by atoms with van der Waals surface area (Å²) < 4.78 is 58.8. The molecule has 52 heavy (non-hydrogen) atoms. The third-order valence-electron chi connectivity index (χ3n) is 12.8. The Kier molecular flexibility index (Phi) is 12.6. The second-order valence-electron chi connectivity index (χ2n) is 16.3. The zero-order valence-corrected chi connectivity index (χ0v) is 34.2. The van der Waals surface area contributed by atoms with E-state index in [9.17, 15) is 9.59 Å². The van der Waals surface area contributed by atoms with Crippen molar-refractivity contribution >= 4 is 43.4 Å². The van der Waals surface area contributed by atoms with Gasteiger partial charge in [-0.25, -0.2) is 0 Å². The molecule has 5 rings (SSSR count). The molecule has 0 N–H and O–H groups in total. The highest BCUT2D eigenvalue weighted by atomic mass is 35.5. The average Bonchev–Trinajstić information content (AvgIpc) is 3.72. The van der Waals surface area contributed by atoms with E-state index >= 15 is 13.2 Å². The number of aromatic nitrogens is 2. The molecule has 1 aromatic carbocycles. The molecular formula is C39H56Cl2F3N3O4Si. The van der Waals surface area contributed by atoms with Crippen molar-refractivity contribution in [3.05, 3.63) is 51.3 Å². The Bertz CT molecular complexity index is 1550. The van der Waals surface area contributed by atoms with Crippen molar-refractivity contribution < 1.29 is 31.9 Å². The Balaban J connectivity index is 1.54. The topological polar surface area (TPSA) is 73.7 Å². The first-order valence-corrected chi connectivity index (χ1v) is 22.5. The fourth-order valence-electron chi connectivity index (χ4n) is 8.65. The summed E-state index contributed by atoms with van der Waals surface area (Å²) in [5.74, 6) is -1.07. The fraction of sp³-hybridized carbons (Fsp3) is 0.718. The summed E-state index contributed by atoms with van der Waals surface area (Å²) in [6.07, 6.45) is 3.15. The van der Waals surface area contributed by atoms with Crippen LogP contribution in [0, 0.1) is 16.2 Å². The van der Waals surface area contributed by atoms with Crippen LogP contribution < -0.4 is 0 Å². The lowest BCUT2D eigenvalue weighted by molar-refractivity contribution is -0.157. The van der Waals surface area contributed by atoms with Crippen molar-refractivity contribution in [1.82, 2.24) is 14.7 Å². The maximum absolute atomic E-state index is 15.2. The second kappa shape index (κ2) is 15.9. The van der Waals surface area contributed by atoms with Gasteiger partial charge >= 0.3 is 12.1 Å². The predicted octanol–water partition coefficient (Wildman–Crippen LogP) is 11.5. The Morgan fingerprint density at radius 2 is 1.52 bits per heavy atom. The molecule has 1 unspecified atom stereocenters. The zero-order chi connectivity index (χ0) is 38.1. The normalized spacial score (nSPS) is 23.3. The van der Waals surface area contributed by atoms with Gasteiger partial charge in [-0.2, -0.15) is 18.3 Å². The molecule has 1 heterocycles. The van der Waals surface area contributed by atoms with Crippen LogP contribution >= 0.6 is 23.2 Å². The van der Waals surface area contributed by atoms with Gasteiger partial charge in [0, 0.05) is 22.2 Å². The van der Waals surface area contributed by atoms with Crippen LogP contribution in [0.1, 0.15) is 140 Å². The maximum atomic E-state index is 15.2. The molecule has 13 heteroatoms. The average molecular weight is 787 g/mol. The highest BCUT2D eigenvalue weighted by Gasteiger charge is 2.50. The van der Waals surface area contributed by atoms with Crippen LogP contribution in [0.15, 0.2) is 24.4 Å². The van der Waals surface area contributed by atoms with Gasteiger partial charge in [0.1, 0.15) is 0 Å². The molecule has 3 saturated carbocycles. The molecule has 0 saturated heterocycles. The number of esters is 1. The number of amides is 1. The van der Waals surface area contributed by atoms with Gasteiger partial charge in [0.15, 0.2) is 14.0 Å². The summed E-state index contributed by atoms with van der Waals surface area (Å²) in [6, 6.07) is 7.08. The molecule has 1 aromatic heterocycles. The number of carbonyl (C=O) groups is 2. The monoisotopic (exact) mass is 785 g/mol. The summed E-state index contributed by atoms with van der Waals surface area (Å²) in [7, 11) is -2.34. The SMILES string of the molecule is CCOC(=O)[C@]1(C)CC[C@@H](n2ncc(C(=O)N(CC(O[Si](CC)(CC)CC)c3c(Cl)cccc3Cl)CC3(C)CCC4(CC3)CC4)c2C(F)(F)F)CC1. The highest BCUT2D eigenvalue weighted by molar-refractivity contribution is 6.73. The van der Waals surface area contributed by atoms with E-state index in [4.69, 9.17) is 32.4 Å². The standard InChI is InChI=1S/C39H56Cl2F3N3O4Si/c1-7-50-35(49)37(6)16-14-27(15-17-37)47-33(39(42,43)44)28(24-45-47)34(48)46(26-36(5)18-20-38(21-19-36)22-23-38)25-31(51-52(8-2,9-3)10-4)32-29(40)12-11-13-30(32)41/h11-13,24,27,31H,7-10,14-23,25-26H2,1-6H3/t27-,31?,37-. The maximum Gasteiger partial charge on any atom is 0.433 e. The van der Waals surface area contributed by atoms with Gasteiger partial charge in [-0.05, 0) is 119 Å². The van der Waals surface area contributed by atoms with Gasteiger partial charge in [0.2, 0.25) is 0 Å². The summed E-state index contributed by atoms with van der Waals surface area (Å²) in [5.41, 5.74) is -1.63. The summed E-state index contributed by atoms with van der Waals surface area (Å²) in [4.78, 5) is 29.1. The van der Waals surface area contributed by atoms with E-state index in [2.05, 4.69) is 32.8 Å². The number of hydrogen-bond donors (Lipinski definition) is 0. The largest absolute Gasteiger partial charge is 0.466 e. The van der Waals surface area contributed by atoms with Crippen LogP contribution in [0.25, 0.3) is 0 Å². The van der Waals surface area contributed by atoms with Crippen LogP contribution in [0.3, 0.4) is 0 Å². The van der Waals surface area contributed by atoms with Gasteiger partial charge in [-0.1, -0.05) is 57.0 Å². The number of ether oxygens (including phenoxy) is 1. The van der Waals surface area contributed by atoms with Crippen LogP contribution in [0.2, 0.25) is 28.2 Å². The van der Waals surface area contributed by atoms with Gasteiger partial charge < -0.3 is 14.1 Å². The molecule has 3 aliphatic carbocycles. The number of halogens is 5. The quantitative estimate of drug-likeness (QED) is 0.141. The summed E-state index contributed by atoms with van der Waals surface area (Å²) >= 11 is 13.6. The first kappa shape index (κ1) is 41.1. The predicted molar refractivity (Wildman–Crippen MR) is 201 cm³/mol. The van der Waals surface area contributed by atoms with Crippen LogP contribution in [-0.2, 0) is 20.1 Å². The molecule has 1 amide bonds. The lowest BCUT2D eigenvalue weighted by atomic mass is 9.70.